The molecule has 0 fully saturated rings. The number of aromatic nitrogens is 1. The molecule has 1 N–H and O–H groups in total. The molecule has 0 aliphatic carbocycles. The van der Waals surface area contributed by atoms with Gasteiger partial charge in [-0.25, -0.2) is 13.4 Å². The average Bonchev–Trinajstić information content (AvgIpc) is 2.87. The molecule has 6 heteroatoms. The molecule has 0 aliphatic heterocycles. The number of benzene rings is 2. The van der Waals surface area contributed by atoms with Crippen LogP contribution in [0.2, 0.25) is 0 Å². The number of hydrogen-bond donors (Lipinski definition) is 1. The van der Waals surface area contributed by atoms with Crippen LogP contribution in [0.15, 0.2) is 47.4 Å². The van der Waals surface area contributed by atoms with Crippen molar-refractivity contribution in [2.45, 2.75) is 18.4 Å². The van der Waals surface area contributed by atoms with Crippen LogP contribution in [0.1, 0.15) is 11.1 Å². The predicted octanol–water partition coefficient (Wildman–Crippen LogP) is 3.62. The number of aryl methyl sites for hydroxylation is 1. The van der Waals surface area contributed by atoms with Gasteiger partial charge in [-0.2, -0.15) is 0 Å². The lowest BCUT2D eigenvalue weighted by atomic mass is 10.1. The highest BCUT2D eigenvalue weighted by Crippen LogP contribution is 2.28. The number of sulfone groups is 1. The molecule has 0 unspecified atom stereocenters. The maximum atomic E-state index is 11.6. The van der Waals surface area contributed by atoms with Crippen molar-refractivity contribution < 1.29 is 8.42 Å². The van der Waals surface area contributed by atoms with Crippen molar-refractivity contribution in [3.05, 3.63) is 53.6 Å². The minimum Gasteiger partial charge on any atom is -0.357 e. The molecule has 3 aromatic rings. The van der Waals surface area contributed by atoms with Gasteiger partial charge in [-0.05, 0) is 30.7 Å². The van der Waals surface area contributed by atoms with Crippen LogP contribution in [0.5, 0.6) is 0 Å². The van der Waals surface area contributed by atoms with Crippen LogP contribution in [0.4, 0.5) is 5.13 Å². The second kappa shape index (κ2) is 5.70. The van der Waals surface area contributed by atoms with Gasteiger partial charge in [0.25, 0.3) is 0 Å². The lowest BCUT2D eigenvalue weighted by molar-refractivity contribution is 0.602. The van der Waals surface area contributed by atoms with Crippen molar-refractivity contribution in [2.24, 2.45) is 0 Å². The number of thiazole rings is 1. The van der Waals surface area contributed by atoms with E-state index in [9.17, 15) is 8.42 Å². The van der Waals surface area contributed by atoms with Gasteiger partial charge < -0.3 is 5.32 Å². The van der Waals surface area contributed by atoms with E-state index in [2.05, 4.69) is 41.5 Å². The van der Waals surface area contributed by atoms with E-state index in [-0.39, 0.29) is 0 Å². The zero-order valence-corrected chi connectivity index (χ0v) is 14.0. The molecule has 0 saturated carbocycles. The highest BCUT2D eigenvalue weighted by molar-refractivity contribution is 7.90. The minimum absolute atomic E-state index is 0.328. The molecular formula is C16H16N2O2S2. The first kappa shape index (κ1) is 15.0. The number of fused-ring (bicyclic) bond motifs is 1. The van der Waals surface area contributed by atoms with Crippen molar-refractivity contribution in [1.29, 1.82) is 0 Å². The third-order valence-corrected chi connectivity index (χ3v) is 5.44. The second-order valence-electron chi connectivity index (χ2n) is 5.26. The van der Waals surface area contributed by atoms with Gasteiger partial charge in [0.15, 0.2) is 15.0 Å². The van der Waals surface area contributed by atoms with E-state index in [1.54, 1.807) is 18.2 Å². The van der Waals surface area contributed by atoms with Crippen LogP contribution in [0, 0.1) is 6.92 Å². The second-order valence-corrected chi connectivity index (χ2v) is 8.31. The molecule has 114 valence electrons. The molecular weight excluding hydrogens is 316 g/mol. The highest BCUT2D eigenvalue weighted by Gasteiger charge is 2.10. The van der Waals surface area contributed by atoms with Crippen LogP contribution in [0.3, 0.4) is 0 Å². The molecule has 4 nitrogen and oxygen atoms in total. The Labute approximate surface area is 133 Å². The molecule has 0 atom stereocenters. The standard InChI is InChI=1S/C16H16N2O2S2/c1-11-3-5-12(6-4-11)10-17-16-18-14-8-7-13(22(2,19)20)9-15(14)21-16/h3-9H,10H2,1-2H3,(H,17,18). The van der Waals surface area contributed by atoms with Gasteiger partial charge in [-0.1, -0.05) is 41.2 Å². The summed E-state index contributed by atoms with van der Waals surface area (Å²) in [6.45, 7) is 2.75. The van der Waals surface area contributed by atoms with E-state index in [1.807, 2.05) is 0 Å². The quantitative estimate of drug-likeness (QED) is 0.793. The Morgan fingerprint density at radius 2 is 1.86 bits per heavy atom. The monoisotopic (exact) mass is 332 g/mol. The topological polar surface area (TPSA) is 59.1 Å². The van der Waals surface area contributed by atoms with Gasteiger partial charge in [0, 0.05) is 12.8 Å². The summed E-state index contributed by atoms with van der Waals surface area (Å²) in [5.41, 5.74) is 3.22. The Bertz CT molecular complexity index is 913. The van der Waals surface area contributed by atoms with Crippen LogP contribution < -0.4 is 5.32 Å². The van der Waals surface area contributed by atoms with Gasteiger partial charge in [-0.15, -0.1) is 0 Å². The van der Waals surface area contributed by atoms with E-state index < -0.39 is 9.84 Å². The summed E-state index contributed by atoms with van der Waals surface area (Å²) >= 11 is 1.46. The third kappa shape index (κ3) is 3.28. The third-order valence-electron chi connectivity index (χ3n) is 3.35. The normalized spacial score (nSPS) is 11.7. The van der Waals surface area contributed by atoms with Gasteiger partial charge in [0.2, 0.25) is 0 Å². The SMILES string of the molecule is Cc1ccc(CNc2nc3ccc(S(C)(=O)=O)cc3s2)cc1. The zero-order valence-electron chi connectivity index (χ0n) is 12.3. The molecule has 0 amide bonds. The number of rotatable bonds is 4. The molecule has 0 bridgehead atoms. The molecule has 0 saturated heterocycles. The van der Waals surface area contributed by atoms with Crippen molar-refractivity contribution in [1.82, 2.24) is 4.98 Å². The Balaban J connectivity index is 1.81. The number of nitrogens with one attached hydrogen (secondary N) is 1. The Morgan fingerprint density at radius 3 is 2.55 bits per heavy atom. The summed E-state index contributed by atoms with van der Waals surface area (Å²) in [5.74, 6) is 0. The molecule has 1 aromatic heterocycles. The number of anilines is 1. The predicted molar refractivity (Wildman–Crippen MR) is 91.2 cm³/mol. The number of hydrogen-bond acceptors (Lipinski definition) is 5. The van der Waals surface area contributed by atoms with Crippen LogP contribution in [0.25, 0.3) is 10.2 Å². The Morgan fingerprint density at radius 1 is 1.14 bits per heavy atom. The van der Waals surface area contributed by atoms with E-state index in [4.69, 9.17) is 0 Å². The first-order valence-electron chi connectivity index (χ1n) is 6.82. The van der Waals surface area contributed by atoms with E-state index >= 15 is 0 Å². The van der Waals surface area contributed by atoms with Gasteiger partial charge in [-0.3, -0.25) is 0 Å². The van der Waals surface area contributed by atoms with Crippen LogP contribution in [-0.4, -0.2) is 19.7 Å². The van der Waals surface area contributed by atoms with Crippen molar-refractivity contribution in [3.8, 4) is 0 Å². The summed E-state index contributed by atoms with van der Waals surface area (Å²) in [5, 5.41) is 4.08. The first-order valence-corrected chi connectivity index (χ1v) is 9.53. The molecule has 0 aliphatic rings. The van der Waals surface area contributed by atoms with Crippen molar-refractivity contribution in [3.63, 3.8) is 0 Å². The zero-order chi connectivity index (χ0) is 15.7. The lowest BCUT2D eigenvalue weighted by Gasteiger charge is -2.02. The maximum absolute atomic E-state index is 11.6. The molecule has 1 heterocycles. The maximum Gasteiger partial charge on any atom is 0.184 e. The summed E-state index contributed by atoms with van der Waals surface area (Å²) in [7, 11) is -3.19. The van der Waals surface area contributed by atoms with Crippen LogP contribution in [-0.2, 0) is 16.4 Å². The average molecular weight is 332 g/mol. The van der Waals surface area contributed by atoms with Gasteiger partial charge in [0.1, 0.15) is 0 Å². The highest BCUT2D eigenvalue weighted by atomic mass is 32.2. The van der Waals surface area contributed by atoms with E-state index in [0.29, 0.717) is 11.4 Å². The van der Waals surface area contributed by atoms with Gasteiger partial charge >= 0.3 is 0 Å². The van der Waals surface area contributed by atoms with Crippen molar-refractivity contribution in [2.75, 3.05) is 11.6 Å². The fourth-order valence-electron chi connectivity index (χ4n) is 2.09. The summed E-state index contributed by atoms with van der Waals surface area (Å²) in [4.78, 5) is 4.81. The fraction of sp³-hybridized carbons (Fsp3) is 0.188. The van der Waals surface area contributed by atoms with E-state index in [1.165, 1.54) is 28.7 Å². The molecule has 0 spiro atoms. The molecule has 3 rings (SSSR count). The fourth-order valence-corrected chi connectivity index (χ4v) is 3.72. The summed E-state index contributed by atoms with van der Waals surface area (Å²) < 4.78 is 24.1. The van der Waals surface area contributed by atoms with E-state index in [0.717, 1.165) is 15.3 Å². The largest absolute Gasteiger partial charge is 0.357 e. The summed E-state index contributed by atoms with van der Waals surface area (Å²) in [6.07, 6.45) is 1.21. The smallest absolute Gasteiger partial charge is 0.184 e. The van der Waals surface area contributed by atoms with Gasteiger partial charge in [0.05, 0.1) is 15.1 Å². The molecule has 0 radical (unpaired) electrons. The summed E-state index contributed by atoms with van der Waals surface area (Å²) in [6, 6.07) is 13.3. The Hall–Kier alpha value is -1.92. The molecule has 22 heavy (non-hydrogen) atoms. The number of nitrogens with zero attached hydrogens (tertiary/aromatic N) is 1. The Kier molecular flexibility index (Phi) is 3.88. The van der Waals surface area contributed by atoms with Crippen molar-refractivity contribution >= 4 is 36.5 Å². The van der Waals surface area contributed by atoms with Crippen LogP contribution >= 0.6 is 11.3 Å². The minimum atomic E-state index is -3.19. The first-order chi connectivity index (χ1) is 10.4. The lowest BCUT2D eigenvalue weighted by Crippen LogP contribution is -1.98. The molecule has 2 aromatic carbocycles.